The Morgan fingerprint density at radius 3 is 2.69 bits per heavy atom. The molecule has 136 valence electrons. The second-order valence-electron chi connectivity index (χ2n) is 7.58. The smallest absolute Gasteiger partial charge is 0.143 e. The summed E-state index contributed by atoms with van der Waals surface area (Å²) in [6, 6.07) is 16.8. The number of hydrogen-bond donors (Lipinski definition) is 0. The number of aryl methyl sites for hydroxylation is 1. The molecule has 1 saturated carbocycles. The minimum atomic E-state index is -0.284. The molecule has 0 amide bonds. The summed E-state index contributed by atoms with van der Waals surface area (Å²) in [5.74, 6) is 1.16. The number of benzene rings is 2. The fourth-order valence-corrected chi connectivity index (χ4v) is 3.71. The molecule has 26 heavy (non-hydrogen) atoms. The van der Waals surface area contributed by atoms with E-state index < -0.39 is 0 Å². The SMILES string of the molecule is Cc1ccc(C23CC2C(=NOCCCN(C)C)c2ccccc2O3)cc1. The lowest BCUT2D eigenvalue weighted by Gasteiger charge is -2.27. The summed E-state index contributed by atoms with van der Waals surface area (Å²) in [5.41, 5.74) is 4.29. The lowest BCUT2D eigenvalue weighted by molar-refractivity contribution is 0.129. The number of ether oxygens (including phenoxy) is 1. The summed E-state index contributed by atoms with van der Waals surface area (Å²) in [5, 5.41) is 4.55. The molecular weight excluding hydrogens is 324 g/mol. The average molecular weight is 350 g/mol. The van der Waals surface area contributed by atoms with Crippen molar-refractivity contribution in [3.8, 4) is 5.75 Å². The second kappa shape index (κ2) is 6.76. The van der Waals surface area contributed by atoms with E-state index in [4.69, 9.17) is 9.57 Å². The molecule has 2 atom stereocenters. The quantitative estimate of drug-likeness (QED) is 0.584. The third kappa shape index (κ3) is 3.10. The fraction of sp³-hybridized carbons (Fsp3) is 0.409. The van der Waals surface area contributed by atoms with Crippen molar-refractivity contribution in [1.29, 1.82) is 0 Å². The molecule has 0 N–H and O–H groups in total. The Kier molecular flexibility index (Phi) is 4.45. The van der Waals surface area contributed by atoms with Gasteiger partial charge in [0.25, 0.3) is 0 Å². The molecule has 4 heteroatoms. The van der Waals surface area contributed by atoms with Gasteiger partial charge in [0.05, 0.1) is 11.6 Å². The molecule has 0 spiro atoms. The molecule has 0 aromatic heterocycles. The minimum Gasteiger partial charge on any atom is -0.481 e. The van der Waals surface area contributed by atoms with Crippen molar-refractivity contribution >= 4 is 5.71 Å². The zero-order valence-corrected chi connectivity index (χ0v) is 15.7. The van der Waals surface area contributed by atoms with Gasteiger partial charge in [-0.15, -0.1) is 0 Å². The van der Waals surface area contributed by atoms with Gasteiger partial charge in [0.15, 0.2) is 0 Å². The van der Waals surface area contributed by atoms with Crippen LogP contribution in [0.3, 0.4) is 0 Å². The van der Waals surface area contributed by atoms with Crippen molar-refractivity contribution in [1.82, 2.24) is 4.90 Å². The molecule has 4 rings (SSSR count). The Morgan fingerprint density at radius 1 is 1.15 bits per heavy atom. The summed E-state index contributed by atoms with van der Waals surface area (Å²) in [6.45, 7) is 3.74. The van der Waals surface area contributed by atoms with Crippen LogP contribution in [-0.2, 0) is 10.4 Å². The molecule has 1 fully saturated rings. The van der Waals surface area contributed by atoms with Gasteiger partial charge >= 0.3 is 0 Å². The molecule has 0 radical (unpaired) electrons. The van der Waals surface area contributed by atoms with Crippen LogP contribution in [0.5, 0.6) is 5.75 Å². The molecule has 2 aromatic rings. The van der Waals surface area contributed by atoms with Gasteiger partial charge in [-0.2, -0.15) is 0 Å². The predicted molar refractivity (Wildman–Crippen MR) is 104 cm³/mol. The fourth-order valence-electron chi connectivity index (χ4n) is 3.71. The van der Waals surface area contributed by atoms with Crippen LogP contribution >= 0.6 is 0 Å². The zero-order valence-electron chi connectivity index (χ0n) is 15.7. The van der Waals surface area contributed by atoms with Crippen molar-refractivity contribution in [2.45, 2.75) is 25.4 Å². The summed E-state index contributed by atoms with van der Waals surface area (Å²) >= 11 is 0. The normalized spacial score (nSPS) is 24.8. The predicted octanol–water partition coefficient (Wildman–Crippen LogP) is 3.98. The van der Waals surface area contributed by atoms with E-state index in [9.17, 15) is 0 Å². The Morgan fingerprint density at radius 2 is 1.92 bits per heavy atom. The van der Waals surface area contributed by atoms with Crippen LogP contribution in [0.1, 0.15) is 29.5 Å². The van der Waals surface area contributed by atoms with Gasteiger partial charge in [0.2, 0.25) is 0 Å². The second-order valence-corrected chi connectivity index (χ2v) is 7.58. The first kappa shape index (κ1) is 17.1. The molecule has 1 aliphatic heterocycles. The average Bonchev–Trinajstić information content (AvgIpc) is 3.36. The Hall–Kier alpha value is -2.33. The first-order valence-electron chi connectivity index (χ1n) is 9.30. The number of hydrogen-bond acceptors (Lipinski definition) is 4. The van der Waals surface area contributed by atoms with E-state index in [1.165, 1.54) is 11.1 Å². The number of rotatable bonds is 6. The van der Waals surface area contributed by atoms with E-state index >= 15 is 0 Å². The molecule has 2 unspecified atom stereocenters. The van der Waals surface area contributed by atoms with Crippen LogP contribution in [-0.4, -0.2) is 37.9 Å². The van der Waals surface area contributed by atoms with Gasteiger partial charge in [-0.1, -0.05) is 47.1 Å². The van der Waals surface area contributed by atoms with Crippen LogP contribution in [0.2, 0.25) is 0 Å². The highest BCUT2D eigenvalue weighted by Gasteiger charge is 2.64. The maximum atomic E-state index is 6.47. The summed E-state index contributed by atoms with van der Waals surface area (Å²) in [7, 11) is 4.14. The van der Waals surface area contributed by atoms with Crippen molar-refractivity contribution < 1.29 is 9.57 Å². The number of fused-ring (bicyclic) bond motifs is 2. The zero-order chi connectivity index (χ0) is 18.1. The van der Waals surface area contributed by atoms with Crippen LogP contribution in [0.25, 0.3) is 0 Å². The highest BCUT2D eigenvalue weighted by atomic mass is 16.6. The van der Waals surface area contributed by atoms with Gasteiger partial charge in [0.1, 0.15) is 18.0 Å². The largest absolute Gasteiger partial charge is 0.481 e. The maximum absolute atomic E-state index is 6.47. The monoisotopic (exact) mass is 350 g/mol. The van der Waals surface area contributed by atoms with E-state index in [2.05, 4.69) is 61.4 Å². The Bertz CT molecular complexity index is 813. The first-order chi connectivity index (χ1) is 12.6. The van der Waals surface area contributed by atoms with Gasteiger partial charge in [0, 0.05) is 18.5 Å². The first-order valence-corrected chi connectivity index (χ1v) is 9.30. The molecule has 1 heterocycles. The Balaban J connectivity index is 1.59. The van der Waals surface area contributed by atoms with E-state index in [1.807, 2.05) is 18.2 Å². The van der Waals surface area contributed by atoms with Crippen molar-refractivity contribution in [3.63, 3.8) is 0 Å². The van der Waals surface area contributed by atoms with E-state index in [1.54, 1.807) is 0 Å². The third-order valence-electron chi connectivity index (χ3n) is 5.24. The lowest BCUT2D eigenvalue weighted by Crippen LogP contribution is -2.28. The molecule has 1 aliphatic carbocycles. The summed E-state index contributed by atoms with van der Waals surface area (Å²) in [6.07, 6.45) is 1.92. The van der Waals surface area contributed by atoms with Gasteiger partial charge in [-0.05, 0) is 45.1 Å². The molecular formula is C22H26N2O2. The number of para-hydroxylation sites is 1. The molecule has 2 aromatic carbocycles. The standard InChI is InChI=1S/C22H26N2O2/c1-16-9-11-17(12-10-16)22-15-19(22)21(23-25-14-6-13-24(2)3)18-7-4-5-8-20(18)26-22/h4-5,7-12,19H,6,13-15H2,1-3H3. The van der Waals surface area contributed by atoms with Crippen molar-refractivity contribution in [3.05, 3.63) is 65.2 Å². The molecule has 2 aliphatic rings. The van der Waals surface area contributed by atoms with Gasteiger partial charge in [-0.3, -0.25) is 0 Å². The maximum Gasteiger partial charge on any atom is 0.143 e. The van der Waals surface area contributed by atoms with E-state index in [0.717, 1.165) is 36.4 Å². The number of nitrogens with zero attached hydrogens (tertiary/aromatic N) is 2. The highest BCUT2D eigenvalue weighted by Crippen LogP contribution is 2.60. The molecule has 0 saturated heterocycles. The number of oxime groups is 1. The van der Waals surface area contributed by atoms with E-state index in [0.29, 0.717) is 6.61 Å². The summed E-state index contributed by atoms with van der Waals surface area (Å²) in [4.78, 5) is 7.84. The molecule has 0 bridgehead atoms. The van der Waals surface area contributed by atoms with Crippen LogP contribution in [0.15, 0.2) is 53.7 Å². The van der Waals surface area contributed by atoms with Gasteiger partial charge < -0.3 is 14.5 Å². The minimum absolute atomic E-state index is 0.258. The Labute approximate surface area is 155 Å². The van der Waals surface area contributed by atoms with Crippen LogP contribution < -0.4 is 4.74 Å². The van der Waals surface area contributed by atoms with Crippen LogP contribution in [0.4, 0.5) is 0 Å². The highest BCUT2D eigenvalue weighted by molar-refractivity contribution is 6.08. The van der Waals surface area contributed by atoms with Crippen LogP contribution in [0, 0.1) is 12.8 Å². The topological polar surface area (TPSA) is 34.1 Å². The molecule has 4 nitrogen and oxygen atoms in total. The van der Waals surface area contributed by atoms with E-state index in [-0.39, 0.29) is 11.5 Å². The van der Waals surface area contributed by atoms with Gasteiger partial charge in [-0.25, -0.2) is 0 Å². The summed E-state index contributed by atoms with van der Waals surface area (Å²) < 4.78 is 6.47. The van der Waals surface area contributed by atoms with Crippen molar-refractivity contribution in [2.24, 2.45) is 11.1 Å². The third-order valence-corrected chi connectivity index (χ3v) is 5.24. The lowest BCUT2D eigenvalue weighted by atomic mass is 9.95. The van der Waals surface area contributed by atoms with Crippen molar-refractivity contribution in [2.75, 3.05) is 27.2 Å².